The highest BCUT2D eigenvalue weighted by molar-refractivity contribution is 8.14. The Labute approximate surface area is 90.4 Å². The van der Waals surface area contributed by atoms with Gasteiger partial charge in [-0.3, -0.25) is 14.6 Å². The van der Waals surface area contributed by atoms with Crippen molar-refractivity contribution in [3.63, 3.8) is 0 Å². The number of aldehydes is 1. The third kappa shape index (κ3) is 2.27. The summed E-state index contributed by atoms with van der Waals surface area (Å²) in [6.07, 6.45) is 2.18. The lowest BCUT2D eigenvalue weighted by Gasteiger charge is -2.00. The van der Waals surface area contributed by atoms with E-state index in [1.54, 1.807) is 0 Å². The van der Waals surface area contributed by atoms with E-state index in [9.17, 15) is 9.59 Å². The summed E-state index contributed by atoms with van der Waals surface area (Å²) in [6.45, 7) is 0.741. The molecule has 6 heteroatoms. The highest BCUT2D eigenvalue weighted by atomic mass is 32.2. The summed E-state index contributed by atoms with van der Waals surface area (Å²) < 4.78 is 0. The molecule has 0 unspecified atom stereocenters. The highest BCUT2D eigenvalue weighted by Crippen LogP contribution is 2.10. The minimum atomic E-state index is -0.267. The molecule has 0 atom stereocenters. The zero-order valence-electron chi connectivity index (χ0n) is 7.82. The molecule has 0 radical (unpaired) electrons. The van der Waals surface area contributed by atoms with Gasteiger partial charge in [-0.25, -0.2) is 0 Å². The van der Waals surface area contributed by atoms with Gasteiger partial charge in [0, 0.05) is 17.5 Å². The van der Waals surface area contributed by atoms with E-state index in [4.69, 9.17) is 0 Å². The lowest BCUT2D eigenvalue weighted by atomic mass is 10.3. The van der Waals surface area contributed by atoms with Crippen molar-refractivity contribution in [1.82, 2.24) is 10.3 Å². The summed E-state index contributed by atoms with van der Waals surface area (Å²) in [6, 6.07) is 1.50. The molecular formula is C9H9N3O2S. The van der Waals surface area contributed by atoms with Crippen LogP contribution in [-0.2, 0) is 0 Å². The maximum atomic E-state index is 11.6. The van der Waals surface area contributed by atoms with Crippen LogP contribution < -0.4 is 5.32 Å². The number of aromatic amines is 1. The van der Waals surface area contributed by atoms with Gasteiger partial charge < -0.3 is 10.3 Å². The summed E-state index contributed by atoms with van der Waals surface area (Å²) in [7, 11) is 0. The van der Waals surface area contributed by atoms with Gasteiger partial charge in [-0.15, -0.1) is 0 Å². The Bertz CT molecular complexity index is 425. The first-order valence-electron chi connectivity index (χ1n) is 4.42. The fraction of sp³-hybridized carbons (Fsp3) is 0.222. The van der Waals surface area contributed by atoms with Crippen LogP contribution in [0.2, 0.25) is 0 Å². The number of carbonyl (C=O) groups excluding carboxylic acids is 2. The molecule has 5 nitrogen and oxygen atoms in total. The molecule has 0 bridgehead atoms. The molecule has 0 aromatic carbocycles. The van der Waals surface area contributed by atoms with Crippen molar-refractivity contribution >= 4 is 29.1 Å². The van der Waals surface area contributed by atoms with Gasteiger partial charge in [0.25, 0.3) is 5.91 Å². The number of hydrogen-bond acceptors (Lipinski definition) is 4. The van der Waals surface area contributed by atoms with Crippen LogP contribution >= 0.6 is 11.8 Å². The van der Waals surface area contributed by atoms with Crippen LogP contribution in [0.1, 0.15) is 20.8 Å². The van der Waals surface area contributed by atoms with Gasteiger partial charge in [0.1, 0.15) is 5.69 Å². The van der Waals surface area contributed by atoms with E-state index in [1.165, 1.54) is 24.0 Å². The number of nitrogens with one attached hydrogen (secondary N) is 2. The van der Waals surface area contributed by atoms with Crippen molar-refractivity contribution in [3.05, 3.63) is 23.5 Å². The minimum absolute atomic E-state index is 0.267. The van der Waals surface area contributed by atoms with E-state index in [1.807, 2.05) is 0 Å². The fourth-order valence-corrected chi connectivity index (χ4v) is 1.91. The molecule has 1 aliphatic rings. The molecule has 1 aromatic heterocycles. The molecule has 2 rings (SSSR count). The maximum absolute atomic E-state index is 11.6. The Morgan fingerprint density at radius 3 is 3.13 bits per heavy atom. The first-order valence-corrected chi connectivity index (χ1v) is 5.40. The van der Waals surface area contributed by atoms with Crippen molar-refractivity contribution < 1.29 is 9.59 Å². The van der Waals surface area contributed by atoms with Crippen molar-refractivity contribution in [2.24, 2.45) is 4.99 Å². The molecule has 0 saturated carbocycles. The van der Waals surface area contributed by atoms with E-state index in [2.05, 4.69) is 15.3 Å². The summed E-state index contributed by atoms with van der Waals surface area (Å²) in [5, 5.41) is 3.30. The first kappa shape index (κ1) is 9.97. The molecule has 1 amide bonds. The Morgan fingerprint density at radius 2 is 2.53 bits per heavy atom. The smallest absolute Gasteiger partial charge is 0.273 e. The molecule has 0 aliphatic carbocycles. The molecule has 78 valence electrons. The number of aliphatic imine (C=N–C) groups is 1. The SMILES string of the molecule is O=Cc1c[nH]c(C(=O)NC2=NCCS2)c1. The molecule has 15 heavy (non-hydrogen) atoms. The Hall–Kier alpha value is -1.56. The van der Waals surface area contributed by atoms with Crippen molar-refractivity contribution in [1.29, 1.82) is 0 Å². The number of nitrogens with zero attached hydrogens (tertiary/aromatic N) is 1. The number of thioether (sulfide) groups is 1. The summed E-state index contributed by atoms with van der Waals surface area (Å²) in [5.41, 5.74) is 0.827. The van der Waals surface area contributed by atoms with Crippen LogP contribution in [0, 0.1) is 0 Å². The zero-order chi connectivity index (χ0) is 10.7. The lowest BCUT2D eigenvalue weighted by molar-refractivity contribution is 0.0973. The molecule has 1 aliphatic heterocycles. The van der Waals surface area contributed by atoms with Crippen LogP contribution in [0.5, 0.6) is 0 Å². The topological polar surface area (TPSA) is 74.3 Å². The van der Waals surface area contributed by atoms with E-state index in [0.29, 0.717) is 22.7 Å². The predicted molar refractivity (Wildman–Crippen MR) is 58.4 cm³/mol. The number of H-pyrrole nitrogens is 1. The van der Waals surface area contributed by atoms with Crippen molar-refractivity contribution in [3.8, 4) is 0 Å². The highest BCUT2D eigenvalue weighted by Gasteiger charge is 2.13. The number of amides is 1. The van der Waals surface area contributed by atoms with Gasteiger partial charge >= 0.3 is 0 Å². The van der Waals surface area contributed by atoms with Gasteiger partial charge in [0.15, 0.2) is 11.5 Å². The molecule has 2 heterocycles. The van der Waals surface area contributed by atoms with Gasteiger partial charge in [0.05, 0.1) is 6.54 Å². The van der Waals surface area contributed by atoms with Gasteiger partial charge in [-0.2, -0.15) is 0 Å². The van der Waals surface area contributed by atoms with E-state index >= 15 is 0 Å². The van der Waals surface area contributed by atoms with Gasteiger partial charge in [-0.1, -0.05) is 11.8 Å². The second-order valence-electron chi connectivity index (χ2n) is 2.95. The van der Waals surface area contributed by atoms with E-state index < -0.39 is 0 Å². The summed E-state index contributed by atoms with van der Waals surface area (Å²) in [4.78, 5) is 28.8. The van der Waals surface area contributed by atoms with Gasteiger partial charge in [-0.05, 0) is 6.07 Å². The molecule has 0 fully saturated rings. The standard InChI is InChI=1S/C9H9N3O2S/c13-5-6-3-7(11-4-6)8(14)12-9-10-1-2-15-9/h3-5,11H,1-2H2,(H,10,12,14). The van der Waals surface area contributed by atoms with Crippen molar-refractivity contribution in [2.45, 2.75) is 0 Å². The molecule has 1 aromatic rings. The first-order chi connectivity index (χ1) is 7.29. The van der Waals surface area contributed by atoms with Gasteiger partial charge in [0.2, 0.25) is 0 Å². The maximum Gasteiger partial charge on any atom is 0.273 e. The Morgan fingerprint density at radius 1 is 1.67 bits per heavy atom. The molecule has 2 N–H and O–H groups in total. The summed E-state index contributed by atoms with van der Waals surface area (Å²) in [5.74, 6) is 0.635. The zero-order valence-corrected chi connectivity index (χ0v) is 8.63. The largest absolute Gasteiger partial charge is 0.356 e. The molecule has 0 saturated heterocycles. The van der Waals surface area contributed by atoms with Crippen LogP contribution in [0.3, 0.4) is 0 Å². The second kappa shape index (κ2) is 4.31. The average Bonchev–Trinajstić information content (AvgIpc) is 2.86. The van der Waals surface area contributed by atoms with E-state index in [0.717, 1.165) is 12.3 Å². The average molecular weight is 223 g/mol. The van der Waals surface area contributed by atoms with Crippen molar-refractivity contribution in [2.75, 3.05) is 12.3 Å². The number of carbonyl (C=O) groups is 2. The molecule has 0 spiro atoms. The second-order valence-corrected chi connectivity index (χ2v) is 4.04. The van der Waals surface area contributed by atoms with Crippen LogP contribution in [0.25, 0.3) is 0 Å². The quantitative estimate of drug-likeness (QED) is 0.723. The number of aromatic nitrogens is 1. The number of hydrogen-bond donors (Lipinski definition) is 2. The third-order valence-corrected chi connectivity index (χ3v) is 2.78. The van der Waals surface area contributed by atoms with Crippen LogP contribution in [-0.4, -0.2) is 34.6 Å². The normalized spacial score (nSPS) is 14.8. The molecular weight excluding hydrogens is 214 g/mol. The summed E-state index contributed by atoms with van der Waals surface area (Å²) >= 11 is 1.51. The van der Waals surface area contributed by atoms with Crippen LogP contribution in [0.15, 0.2) is 17.3 Å². The number of amidine groups is 1. The Balaban J connectivity index is 2.03. The Kier molecular flexibility index (Phi) is 2.86. The monoisotopic (exact) mass is 223 g/mol. The fourth-order valence-electron chi connectivity index (χ4n) is 1.19. The minimum Gasteiger partial charge on any atom is -0.356 e. The number of rotatable bonds is 2. The lowest BCUT2D eigenvalue weighted by Crippen LogP contribution is -2.27. The predicted octanol–water partition coefficient (Wildman–Crippen LogP) is 0.660. The van der Waals surface area contributed by atoms with Crippen LogP contribution in [0.4, 0.5) is 0 Å². The third-order valence-electron chi connectivity index (χ3n) is 1.89. The van der Waals surface area contributed by atoms with E-state index in [-0.39, 0.29) is 5.91 Å².